The lowest BCUT2D eigenvalue weighted by Crippen LogP contribution is -2.53. The molecule has 1 aliphatic carbocycles. The van der Waals surface area contributed by atoms with E-state index >= 15 is 0 Å². The molecule has 0 aromatic heterocycles. The molecule has 0 radical (unpaired) electrons. The molecule has 1 N–H and O–H groups in total. The third-order valence-corrected chi connectivity index (χ3v) is 4.68. The smallest absolute Gasteiger partial charge is 0.129 e. The fourth-order valence-electron chi connectivity index (χ4n) is 3.36. The molecule has 0 unspecified atom stereocenters. The van der Waals surface area contributed by atoms with Crippen LogP contribution in [0.4, 0.5) is 0 Å². The van der Waals surface area contributed by atoms with Gasteiger partial charge >= 0.3 is 0 Å². The molecule has 3 rings (SSSR count). The minimum atomic E-state index is -0.414. The van der Waals surface area contributed by atoms with Gasteiger partial charge in [0.05, 0.1) is 13.2 Å². The van der Waals surface area contributed by atoms with Crippen LogP contribution >= 0.6 is 0 Å². The Balaban J connectivity index is 1.84. The first kappa shape index (κ1) is 12.8. The van der Waals surface area contributed by atoms with Gasteiger partial charge in [-0.05, 0) is 36.8 Å². The summed E-state index contributed by atoms with van der Waals surface area (Å²) in [5.74, 6) is 2.99. The van der Waals surface area contributed by atoms with E-state index in [2.05, 4.69) is 13.8 Å². The van der Waals surface area contributed by atoms with Crippen LogP contribution in [0, 0.1) is 11.8 Å². The Morgan fingerprint density at radius 2 is 2.05 bits per heavy atom. The number of fused-ring (bicyclic) bond motifs is 1. The van der Waals surface area contributed by atoms with E-state index in [-0.39, 0.29) is 5.60 Å². The lowest BCUT2D eigenvalue weighted by molar-refractivity contribution is -0.108. The van der Waals surface area contributed by atoms with Crippen LogP contribution in [-0.2, 0) is 0 Å². The normalized spacial score (nSPS) is 32.7. The number of methoxy groups -OCH3 is 1. The highest BCUT2D eigenvalue weighted by molar-refractivity contribution is 5.44. The number of ether oxygens (including phenoxy) is 2. The second-order valence-electron chi connectivity index (χ2n) is 6.32. The lowest BCUT2D eigenvalue weighted by atomic mass is 9.63. The van der Waals surface area contributed by atoms with Crippen molar-refractivity contribution < 1.29 is 14.6 Å². The van der Waals surface area contributed by atoms with Crippen molar-refractivity contribution in [3.8, 4) is 11.5 Å². The van der Waals surface area contributed by atoms with Crippen LogP contribution < -0.4 is 9.47 Å². The van der Waals surface area contributed by atoms with Gasteiger partial charge in [-0.2, -0.15) is 0 Å². The topological polar surface area (TPSA) is 38.7 Å². The van der Waals surface area contributed by atoms with Gasteiger partial charge in [0.15, 0.2) is 0 Å². The molecule has 3 nitrogen and oxygen atoms in total. The number of aliphatic hydroxyl groups is 1. The van der Waals surface area contributed by atoms with Crippen LogP contribution in [0.25, 0.3) is 0 Å². The van der Waals surface area contributed by atoms with Gasteiger partial charge in [0.25, 0.3) is 0 Å². The SMILES string of the molecule is COc1ccc2c(c1)OC1(CC(C(C)C)C1)C[C@H]2O. The molecular formula is C16H22O3. The van der Waals surface area contributed by atoms with Crippen molar-refractivity contribution in [2.24, 2.45) is 11.8 Å². The summed E-state index contributed by atoms with van der Waals surface area (Å²) < 4.78 is 11.4. The van der Waals surface area contributed by atoms with Crippen LogP contribution in [0.15, 0.2) is 18.2 Å². The molecule has 1 aromatic rings. The van der Waals surface area contributed by atoms with E-state index in [1.165, 1.54) is 0 Å². The third kappa shape index (κ3) is 2.10. The third-order valence-electron chi connectivity index (χ3n) is 4.68. The second-order valence-corrected chi connectivity index (χ2v) is 6.32. The molecule has 1 aromatic carbocycles. The number of hydrogen-bond donors (Lipinski definition) is 1. The first-order chi connectivity index (χ1) is 9.03. The van der Waals surface area contributed by atoms with Crippen LogP contribution in [0.1, 0.15) is 44.8 Å². The number of aliphatic hydroxyl groups excluding tert-OH is 1. The van der Waals surface area contributed by atoms with Crippen molar-refractivity contribution in [1.82, 2.24) is 0 Å². The number of hydrogen-bond acceptors (Lipinski definition) is 3. The molecule has 104 valence electrons. The molecule has 1 spiro atoms. The van der Waals surface area contributed by atoms with E-state index in [1.54, 1.807) is 7.11 Å². The quantitative estimate of drug-likeness (QED) is 0.888. The van der Waals surface area contributed by atoms with E-state index in [4.69, 9.17) is 9.47 Å². The number of rotatable bonds is 2. The Labute approximate surface area is 114 Å². The molecule has 2 aliphatic rings. The molecule has 1 fully saturated rings. The molecule has 1 heterocycles. The summed E-state index contributed by atoms with van der Waals surface area (Å²) in [4.78, 5) is 0. The van der Waals surface area contributed by atoms with Gasteiger partial charge in [0.1, 0.15) is 17.1 Å². The molecule has 1 aliphatic heterocycles. The van der Waals surface area contributed by atoms with Gasteiger partial charge in [-0.25, -0.2) is 0 Å². The van der Waals surface area contributed by atoms with E-state index in [0.29, 0.717) is 5.92 Å². The molecular weight excluding hydrogens is 240 g/mol. The maximum atomic E-state index is 10.3. The van der Waals surface area contributed by atoms with Gasteiger partial charge in [-0.15, -0.1) is 0 Å². The second kappa shape index (κ2) is 4.41. The predicted octanol–water partition coefficient (Wildman–Crippen LogP) is 3.32. The molecule has 3 heteroatoms. The molecule has 1 atom stereocenters. The predicted molar refractivity (Wildman–Crippen MR) is 73.5 cm³/mol. The van der Waals surface area contributed by atoms with Gasteiger partial charge in [-0.1, -0.05) is 13.8 Å². The van der Waals surface area contributed by atoms with Crippen molar-refractivity contribution in [2.75, 3.05) is 7.11 Å². The zero-order chi connectivity index (χ0) is 13.6. The van der Waals surface area contributed by atoms with Crippen LogP contribution in [0.2, 0.25) is 0 Å². The van der Waals surface area contributed by atoms with E-state index in [0.717, 1.165) is 42.2 Å². The first-order valence-corrected chi connectivity index (χ1v) is 7.08. The van der Waals surface area contributed by atoms with Crippen molar-refractivity contribution in [1.29, 1.82) is 0 Å². The average Bonchev–Trinajstić information content (AvgIpc) is 2.34. The van der Waals surface area contributed by atoms with Gasteiger partial charge in [0, 0.05) is 18.1 Å². The Bertz CT molecular complexity index is 475. The van der Waals surface area contributed by atoms with Crippen molar-refractivity contribution in [3.05, 3.63) is 23.8 Å². The Morgan fingerprint density at radius 3 is 2.68 bits per heavy atom. The summed E-state index contributed by atoms with van der Waals surface area (Å²) in [5.41, 5.74) is 0.743. The fraction of sp³-hybridized carbons (Fsp3) is 0.625. The standard InChI is InChI=1S/C16H22O3/c1-10(2)11-7-16(8-11)9-14(17)13-5-4-12(18-3)6-15(13)19-16/h4-6,10-11,14,17H,7-9H2,1-3H3/t11?,14-,16?/m1/s1. The zero-order valence-electron chi connectivity index (χ0n) is 11.8. The molecule has 19 heavy (non-hydrogen) atoms. The molecule has 0 bridgehead atoms. The highest BCUT2D eigenvalue weighted by Crippen LogP contribution is 2.53. The van der Waals surface area contributed by atoms with Crippen molar-refractivity contribution >= 4 is 0 Å². The Hall–Kier alpha value is -1.22. The average molecular weight is 262 g/mol. The molecule has 0 amide bonds. The highest BCUT2D eigenvalue weighted by Gasteiger charge is 2.51. The van der Waals surface area contributed by atoms with E-state index < -0.39 is 6.10 Å². The van der Waals surface area contributed by atoms with Gasteiger partial charge < -0.3 is 14.6 Å². The molecule has 1 saturated carbocycles. The first-order valence-electron chi connectivity index (χ1n) is 7.08. The minimum absolute atomic E-state index is 0.145. The van der Waals surface area contributed by atoms with E-state index in [1.807, 2.05) is 18.2 Å². The lowest BCUT2D eigenvalue weighted by Gasteiger charge is -2.52. The summed E-state index contributed by atoms with van der Waals surface area (Å²) in [5, 5.41) is 10.3. The van der Waals surface area contributed by atoms with Crippen LogP contribution in [-0.4, -0.2) is 17.8 Å². The van der Waals surface area contributed by atoms with Gasteiger partial charge in [-0.3, -0.25) is 0 Å². The summed E-state index contributed by atoms with van der Waals surface area (Å²) in [7, 11) is 1.65. The molecule has 0 saturated heterocycles. The summed E-state index contributed by atoms with van der Waals surface area (Å²) in [6.45, 7) is 4.52. The zero-order valence-corrected chi connectivity index (χ0v) is 11.8. The van der Waals surface area contributed by atoms with Crippen LogP contribution in [0.3, 0.4) is 0 Å². The summed E-state index contributed by atoms with van der Waals surface area (Å²) in [6.07, 6.45) is 2.41. The van der Waals surface area contributed by atoms with Crippen molar-refractivity contribution in [2.45, 2.75) is 44.8 Å². The minimum Gasteiger partial charge on any atom is -0.497 e. The number of benzene rings is 1. The summed E-state index contributed by atoms with van der Waals surface area (Å²) >= 11 is 0. The Morgan fingerprint density at radius 1 is 1.32 bits per heavy atom. The monoisotopic (exact) mass is 262 g/mol. The maximum Gasteiger partial charge on any atom is 0.129 e. The van der Waals surface area contributed by atoms with E-state index in [9.17, 15) is 5.11 Å². The van der Waals surface area contributed by atoms with Crippen molar-refractivity contribution in [3.63, 3.8) is 0 Å². The fourth-order valence-corrected chi connectivity index (χ4v) is 3.36. The van der Waals surface area contributed by atoms with Crippen LogP contribution in [0.5, 0.6) is 11.5 Å². The summed E-state index contributed by atoms with van der Waals surface area (Å²) in [6, 6.07) is 5.67. The highest BCUT2D eigenvalue weighted by atomic mass is 16.5. The Kier molecular flexibility index (Phi) is 2.97. The largest absolute Gasteiger partial charge is 0.497 e. The maximum absolute atomic E-state index is 10.3. The van der Waals surface area contributed by atoms with Gasteiger partial charge in [0.2, 0.25) is 0 Å².